The van der Waals surface area contributed by atoms with E-state index in [0.717, 1.165) is 13.1 Å². The summed E-state index contributed by atoms with van der Waals surface area (Å²) in [5.41, 5.74) is 0. The number of hydrogen-bond acceptors (Lipinski definition) is 3. The highest BCUT2D eigenvalue weighted by Gasteiger charge is 2.22. The molecular weight excluding hydrogens is 130 g/mol. The van der Waals surface area contributed by atoms with Gasteiger partial charge in [-0.1, -0.05) is 0 Å². The monoisotopic (exact) mass is 143 g/mol. The van der Waals surface area contributed by atoms with E-state index >= 15 is 0 Å². The molecule has 10 heavy (non-hydrogen) atoms. The van der Waals surface area contributed by atoms with E-state index in [1.807, 2.05) is 5.06 Å². The maximum Gasteiger partial charge on any atom is 0.0950 e. The molecule has 1 saturated carbocycles. The van der Waals surface area contributed by atoms with E-state index in [1.165, 1.54) is 25.7 Å². The van der Waals surface area contributed by atoms with Gasteiger partial charge >= 0.3 is 0 Å². The normalized spacial score (nSPS) is 27.6. The van der Waals surface area contributed by atoms with Crippen molar-refractivity contribution in [2.45, 2.75) is 31.8 Å². The fourth-order valence-corrected chi connectivity index (χ4v) is 0.950. The maximum absolute atomic E-state index is 5.11. The molecule has 1 heterocycles. The summed E-state index contributed by atoms with van der Waals surface area (Å²) in [5.74, 6) is 0. The Kier molecular flexibility index (Phi) is 1.88. The van der Waals surface area contributed by atoms with Gasteiger partial charge < -0.3 is 0 Å². The van der Waals surface area contributed by atoms with Gasteiger partial charge in [-0.15, -0.1) is 4.99 Å². The Morgan fingerprint density at radius 2 is 1.90 bits per heavy atom. The molecule has 0 N–H and O–H groups in total. The van der Waals surface area contributed by atoms with Crippen molar-refractivity contribution in [1.29, 1.82) is 0 Å². The van der Waals surface area contributed by atoms with Crippen molar-refractivity contribution < 1.29 is 9.88 Å². The minimum absolute atomic E-state index is 0.389. The van der Waals surface area contributed by atoms with Crippen LogP contribution in [0.25, 0.3) is 0 Å². The fraction of sp³-hybridized carbons (Fsp3) is 1.00. The first-order valence-corrected chi connectivity index (χ1v) is 4.03. The lowest BCUT2D eigenvalue weighted by molar-refractivity contribution is -0.465. The molecule has 0 atom stereocenters. The molecule has 2 aliphatic rings. The van der Waals surface area contributed by atoms with Crippen molar-refractivity contribution in [1.82, 2.24) is 5.06 Å². The highest BCUT2D eigenvalue weighted by Crippen LogP contribution is 2.23. The predicted octanol–water partition coefficient (Wildman–Crippen LogP) is 1.11. The van der Waals surface area contributed by atoms with Crippen molar-refractivity contribution in [3.8, 4) is 0 Å². The van der Waals surface area contributed by atoms with Gasteiger partial charge in [0.1, 0.15) is 0 Å². The standard InChI is InChI=1S/C7H13NO2/c1-3-7(4-1)9-10-8-5-2-6-8/h7H,1-6H2. The third-order valence-corrected chi connectivity index (χ3v) is 2.15. The molecule has 0 spiro atoms. The van der Waals surface area contributed by atoms with Crippen LogP contribution in [0.5, 0.6) is 0 Å². The lowest BCUT2D eigenvalue weighted by atomic mass is 9.97. The zero-order valence-electron chi connectivity index (χ0n) is 6.08. The Hall–Kier alpha value is -0.120. The van der Waals surface area contributed by atoms with E-state index in [2.05, 4.69) is 0 Å². The molecule has 1 saturated heterocycles. The molecule has 0 amide bonds. The van der Waals surface area contributed by atoms with Crippen LogP contribution in [-0.4, -0.2) is 24.3 Å². The minimum Gasteiger partial charge on any atom is -0.215 e. The Balaban J connectivity index is 1.54. The Labute approximate surface area is 60.8 Å². The Morgan fingerprint density at radius 1 is 1.10 bits per heavy atom. The van der Waals surface area contributed by atoms with Gasteiger partial charge in [-0.05, 0) is 25.7 Å². The molecule has 0 unspecified atom stereocenters. The average molecular weight is 143 g/mol. The van der Waals surface area contributed by atoms with Gasteiger partial charge in [0.2, 0.25) is 0 Å². The largest absolute Gasteiger partial charge is 0.215 e. The van der Waals surface area contributed by atoms with E-state index < -0.39 is 0 Å². The first kappa shape index (κ1) is 6.58. The van der Waals surface area contributed by atoms with Gasteiger partial charge in [-0.25, -0.2) is 4.89 Å². The average Bonchev–Trinajstić information content (AvgIpc) is 1.70. The molecule has 0 bridgehead atoms. The van der Waals surface area contributed by atoms with E-state index in [0.29, 0.717) is 6.10 Å². The van der Waals surface area contributed by atoms with Crippen LogP contribution in [0.4, 0.5) is 0 Å². The summed E-state index contributed by atoms with van der Waals surface area (Å²) in [4.78, 5) is 10.1. The van der Waals surface area contributed by atoms with Crippen LogP contribution in [0.2, 0.25) is 0 Å². The van der Waals surface area contributed by atoms with Crippen molar-refractivity contribution in [3.05, 3.63) is 0 Å². The van der Waals surface area contributed by atoms with Crippen LogP contribution >= 0.6 is 0 Å². The second-order valence-electron chi connectivity index (χ2n) is 3.01. The van der Waals surface area contributed by atoms with Gasteiger partial charge in [0.15, 0.2) is 0 Å². The lowest BCUT2D eigenvalue weighted by Gasteiger charge is -2.31. The van der Waals surface area contributed by atoms with Crippen LogP contribution in [0.15, 0.2) is 0 Å². The summed E-state index contributed by atoms with van der Waals surface area (Å²) in [6, 6.07) is 0. The van der Waals surface area contributed by atoms with E-state index in [1.54, 1.807) is 0 Å². The number of nitrogens with zero attached hydrogens (tertiary/aromatic N) is 1. The van der Waals surface area contributed by atoms with Gasteiger partial charge in [-0.2, -0.15) is 5.06 Å². The number of hydrogen-bond donors (Lipinski definition) is 0. The summed E-state index contributed by atoms with van der Waals surface area (Å²) >= 11 is 0. The molecule has 2 rings (SSSR count). The smallest absolute Gasteiger partial charge is 0.0950 e. The lowest BCUT2D eigenvalue weighted by Crippen LogP contribution is -2.39. The second kappa shape index (κ2) is 2.86. The highest BCUT2D eigenvalue weighted by atomic mass is 17.3. The summed E-state index contributed by atoms with van der Waals surface area (Å²) in [6.07, 6.45) is 5.28. The third-order valence-electron chi connectivity index (χ3n) is 2.15. The van der Waals surface area contributed by atoms with Crippen molar-refractivity contribution in [3.63, 3.8) is 0 Å². The number of rotatable bonds is 3. The minimum atomic E-state index is 0.389. The molecule has 0 aromatic heterocycles. The molecule has 58 valence electrons. The van der Waals surface area contributed by atoms with Crippen molar-refractivity contribution in [2.75, 3.05) is 13.1 Å². The topological polar surface area (TPSA) is 21.7 Å². The van der Waals surface area contributed by atoms with Gasteiger partial charge in [0, 0.05) is 13.1 Å². The van der Waals surface area contributed by atoms with E-state index in [9.17, 15) is 0 Å². The van der Waals surface area contributed by atoms with E-state index in [4.69, 9.17) is 9.88 Å². The molecule has 2 fully saturated rings. The molecule has 0 radical (unpaired) electrons. The van der Waals surface area contributed by atoms with Crippen molar-refractivity contribution >= 4 is 0 Å². The van der Waals surface area contributed by atoms with Crippen LogP contribution in [0, 0.1) is 0 Å². The molecule has 1 aliphatic heterocycles. The second-order valence-corrected chi connectivity index (χ2v) is 3.01. The zero-order valence-corrected chi connectivity index (χ0v) is 6.08. The van der Waals surface area contributed by atoms with Crippen LogP contribution in [-0.2, 0) is 9.88 Å². The molecule has 3 heteroatoms. The Bertz CT molecular complexity index is 96.2. The van der Waals surface area contributed by atoms with Gasteiger partial charge in [0.05, 0.1) is 6.10 Å². The first-order valence-electron chi connectivity index (χ1n) is 4.03. The predicted molar refractivity (Wildman–Crippen MR) is 36.0 cm³/mol. The van der Waals surface area contributed by atoms with Crippen molar-refractivity contribution in [2.24, 2.45) is 0 Å². The third kappa shape index (κ3) is 1.31. The molecular formula is C7H13NO2. The molecule has 0 aromatic rings. The highest BCUT2D eigenvalue weighted by molar-refractivity contribution is 4.67. The summed E-state index contributed by atoms with van der Waals surface area (Å²) in [5, 5.41) is 1.86. The quantitative estimate of drug-likeness (QED) is 0.436. The van der Waals surface area contributed by atoms with Gasteiger partial charge in [0.25, 0.3) is 0 Å². The first-order chi connectivity index (χ1) is 4.95. The van der Waals surface area contributed by atoms with Crippen LogP contribution in [0.1, 0.15) is 25.7 Å². The summed E-state index contributed by atoms with van der Waals surface area (Å²) < 4.78 is 0. The van der Waals surface area contributed by atoms with Crippen LogP contribution < -0.4 is 0 Å². The van der Waals surface area contributed by atoms with E-state index in [-0.39, 0.29) is 0 Å². The Morgan fingerprint density at radius 3 is 2.30 bits per heavy atom. The number of hydroxylamine groups is 2. The maximum atomic E-state index is 5.11. The molecule has 1 aliphatic carbocycles. The van der Waals surface area contributed by atoms with Crippen LogP contribution in [0.3, 0.4) is 0 Å². The van der Waals surface area contributed by atoms with Gasteiger partial charge in [-0.3, -0.25) is 0 Å². The summed E-state index contributed by atoms with van der Waals surface area (Å²) in [7, 11) is 0. The summed E-state index contributed by atoms with van der Waals surface area (Å²) in [6.45, 7) is 2.07. The molecule has 3 nitrogen and oxygen atoms in total. The SMILES string of the molecule is C1CC(OON2CCC2)C1. The zero-order chi connectivity index (χ0) is 6.81. The molecule has 0 aromatic carbocycles. The fourth-order valence-electron chi connectivity index (χ4n) is 0.950.